The van der Waals surface area contributed by atoms with Crippen LogP contribution in [0.15, 0.2) is 18.7 Å². The molecule has 6 heteroatoms. The van der Waals surface area contributed by atoms with Crippen molar-refractivity contribution in [2.75, 3.05) is 6.61 Å². The van der Waals surface area contributed by atoms with Gasteiger partial charge in [-0.3, -0.25) is 4.18 Å². The van der Waals surface area contributed by atoms with E-state index in [9.17, 15) is 8.42 Å². The smallest absolute Gasteiger partial charge is 0.253 e. The Morgan fingerprint density at radius 1 is 1.25 bits per heavy atom. The second-order valence-corrected chi connectivity index (χ2v) is 5.10. The van der Waals surface area contributed by atoms with Crippen LogP contribution in [0.2, 0.25) is 0 Å². The fourth-order valence-corrected chi connectivity index (χ4v) is 2.13. The molecule has 1 rings (SSSR count). The Balaban J connectivity index is 2.22. The van der Waals surface area contributed by atoms with Gasteiger partial charge < -0.3 is 0 Å². The summed E-state index contributed by atoms with van der Waals surface area (Å²) in [7, 11) is -3.66. The molecule has 1 heterocycles. The highest BCUT2D eigenvalue weighted by molar-refractivity contribution is 7.85. The van der Waals surface area contributed by atoms with Crippen molar-refractivity contribution in [2.45, 2.75) is 39.0 Å². The molecule has 1 aromatic rings. The number of imidazole rings is 1. The van der Waals surface area contributed by atoms with E-state index in [0.717, 1.165) is 23.2 Å². The zero-order chi connectivity index (χ0) is 11.9. The van der Waals surface area contributed by atoms with Gasteiger partial charge in [-0.1, -0.05) is 32.6 Å². The SMILES string of the molecule is CCCCCCCOS(=O)(=O)n1ccnc1. The number of aromatic nitrogens is 2. The maximum Gasteiger partial charge on any atom is 0.367 e. The van der Waals surface area contributed by atoms with Crippen LogP contribution in [0, 0.1) is 0 Å². The first-order valence-electron chi connectivity index (χ1n) is 5.54. The summed E-state index contributed by atoms with van der Waals surface area (Å²) in [5.41, 5.74) is 0. The molecule has 0 aliphatic rings. The summed E-state index contributed by atoms with van der Waals surface area (Å²) in [6, 6.07) is 0. The molecule has 0 aliphatic heterocycles. The Morgan fingerprint density at radius 2 is 2.00 bits per heavy atom. The number of hydrogen-bond donors (Lipinski definition) is 0. The average Bonchev–Trinajstić information content (AvgIpc) is 2.77. The minimum atomic E-state index is -3.66. The van der Waals surface area contributed by atoms with Crippen LogP contribution < -0.4 is 0 Å². The lowest BCUT2D eigenvalue weighted by atomic mass is 10.2. The summed E-state index contributed by atoms with van der Waals surface area (Å²) in [5.74, 6) is 0. The molecular weight excluding hydrogens is 228 g/mol. The highest BCUT2D eigenvalue weighted by atomic mass is 32.2. The van der Waals surface area contributed by atoms with Gasteiger partial charge in [-0.05, 0) is 6.42 Å². The zero-order valence-electron chi connectivity index (χ0n) is 9.50. The van der Waals surface area contributed by atoms with E-state index < -0.39 is 10.3 Å². The molecule has 0 bridgehead atoms. The molecule has 0 radical (unpaired) electrons. The molecule has 0 atom stereocenters. The van der Waals surface area contributed by atoms with Crippen LogP contribution >= 0.6 is 0 Å². The predicted octanol–water partition coefficient (Wildman–Crippen LogP) is 1.96. The third-order valence-electron chi connectivity index (χ3n) is 2.22. The standard InChI is InChI=1S/C10H18N2O3S/c1-2-3-4-5-6-9-15-16(13,14)12-8-7-11-10-12/h7-8,10H,2-6,9H2,1H3. The summed E-state index contributed by atoms with van der Waals surface area (Å²) < 4.78 is 28.8. The van der Waals surface area contributed by atoms with Gasteiger partial charge in [0.05, 0.1) is 6.61 Å². The summed E-state index contributed by atoms with van der Waals surface area (Å²) >= 11 is 0. The van der Waals surface area contributed by atoms with E-state index in [-0.39, 0.29) is 6.61 Å². The number of hydrogen-bond acceptors (Lipinski definition) is 4. The van der Waals surface area contributed by atoms with Gasteiger partial charge in [-0.15, -0.1) is 0 Å². The normalized spacial score (nSPS) is 11.8. The topological polar surface area (TPSA) is 61.2 Å². The molecule has 0 saturated carbocycles. The molecule has 0 aromatic carbocycles. The highest BCUT2D eigenvalue weighted by Crippen LogP contribution is 2.05. The van der Waals surface area contributed by atoms with E-state index >= 15 is 0 Å². The van der Waals surface area contributed by atoms with Crippen molar-refractivity contribution in [1.29, 1.82) is 0 Å². The summed E-state index contributed by atoms with van der Waals surface area (Å²) in [4.78, 5) is 3.66. The van der Waals surface area contributed by atoms with Gasteiger partial charge >= 0.3 is 10.3 Å². The van der Waals surface area contributed by atoms with E-state index in [2.05, 4.69) is 11.9 Å². The summed E-state index contributed by atoms with van der Waals surface area (Å²) in [6.07, 6.45) is 9.25. The van der Waals surface area contributed by atoms with E-state index in [1.54, 1.807) is 0 Å². The molecule has 0 amide bonds. The second-order valence-electron chi connectivity index (χ2n) is 3.59. The molecule has 0 saturated heterocycles. The molecule has 0 fully saturated rings. The van der Waals surface area contributed by atoms with Gasteiger partial charge in [-0.25, -0.2) is 8.96 Å². The molecule has 0 N–H and O–H groups in total. The third kappa shape index (κ3) is 4.32. The van der Waals surface area contributed by atoms with Gasteiger partial charge in [0, 0.05) is 12.4 Å². The van der Waals surface area contributed by atoms with Crippen LogP contribution in [0.3, 0.4) is 0 Å². The van der Waals surface area contributed by atoms with Crippen molar-refractivity contribution in [3.05, 3.63) is 18.7 Å². The van der Waals surface area contributed by atoms with Crippen LogP contribution in [-0.4, -0.2) is 24.0 Å². The largest absolute Gasteiger partial charge is 0.367 e. The van der Waals surface area contributed by atoms with Crippen molar-refractivity contribution in [1.82, 2.24) is 8.96 Å². The first-order chi connectivity index (χ1) is 7.67. The van der Waals surface area contributed by atoms with Gasteiger partial charge in [0.25, 0.3) is 0 Å². The lowest BCUT2D eigenvalue weighted by Crippen LogP contribution is -2.15. The number of unbranched alkanes of at least 4 members (excludes halogenated alkanes) is 4. The maximum atomic E-state index is 11.5. The van der Waals surface area contributed by atoms with Crippen LogP contribution in [0.4, 0.5) is 0 Å². The minimum absolute atomic E-state index is 0.240. The van der Waals surface area contributed by atoms with Crippen LogP contribution in [0.5, 0.6) is 0 Å². The van der Waals surface area contributed by atoms with Gasteiger partial charge in [0.15, 0.2) is 0 Å². The maximum absolute atomic E-state index is 11.5. The fourth-order valence-electron chi connectivity index (χ4n) is 1.31. The lowest BCUT2D eigenvalue weighted by Gasteiger charge is -2.05. The Morgan fingerprint density at radius 3 is 2.62 bits per heavy atom. The molecular formula is C10H18N2O3S. The molecule has 16 heavy (non-hydrogen) atoms. The van der Waals surface area contributed by atoms with Crippen molar-refractivity contribution in [2.24, 2.45) is 0 Å². The van der Waals surface area contributed by atoms with Crippen molar-refractivity contribution in [3.8, 4) is 0 Å². The quantitative estimate of drug-likeness (QED) is 0.658. The Bertz CT molecular complexity index is 373. The molecule has 92 valence electrons. The van der Waals surface area contributed by atoms with Crippen LogP contribution in [0.1, 0.15) is 39.0 Å². The first-order valence-corrected chi connectivity index (χ1v) is 6.91. The molecule has 0 aliphatic carbocycles. The van der Waals surface area contributed by atoms with E-state index in [1.807, 2.05) is 0 Å². The van der Waals surface area contributed by atoms with Gasteiger partial charge in [-0.2, -0.15) is 8.42 Å². The fraction of sp³-hybridized carbons (Fsp3) is 0.700. The molecule has 0 spiro atoms. The Hall–Kier alpha value is -0.880. The lowest BCUT2D eigenvalue weighted by molar-refractivity contribution is 0.301. The predicted molar refractivity (Wildman–Crippen MR) is 61.3 cm³/mol. The number of nitrogens with zero attached hydrogens (tertiary/aromatic N) is 2. The van der Waals surface area contributed by atoms with Crippen LogP contribution in [-0.2, 0) is 14.5 Å². The first kappa shape index (κ1) is 13.2. The van der Waals surface area contributed by atoms with E-state index in [4.69, 9.17) is 4.18 Å². The molecule has 1 aromatic heterocycles. The second kappa shape index (κ2) is 6.65. The van der Waals surface area contributed by atoms with Crippen LogP contribution in [0.25, 0.3) is 0 Å². The zero-order valence-corrected chi connectivity index (χ0v) is 10.3. The van der Waals surface area contributed by atoms with Gasteiger partial charge in [0.1, 0.15) is 6.33 Å². The summed E-state index contributed by atoms with van der Waals surface area (Å²) in [5, 5.41) is 0. The highest BCUT2D eigenvalue weighted by Gasteiger charge is 2.11. The minimum Gasteiger partial charge on any atom is -0.253 e. The Kier molecular flexibility index (Phi) is 5.48. The molecule has 5 nitrogen and oxygen atoms in total. The monoisotopic (exact) mass is 246 g/mol. The van der Waals surface area contributed by atoms with Crippen molar-refractivity contribution in [3.63, 3.8) is 0 Å². The average molecular weight is 246 g/mol. The van der Waals surface area contributed by atoms with E-state index in [1.165, 1.54) is 31.6 Å². The molecule has 0 unspecified atom stereocenters. The van der Waals surface area contributed by atoms with E-state index in [0.29, 0.717) is 0 Å². The van der Waals surface area contributed by atoms with Gasteiger partial charge in [0.2, 0.25) is 0 Å². The van der Waals surface area contributed by atoms with Crippen molar-refractivity contribution >= 4 is 10.3 Å². The summed E-state index contributed by atoms with van der Waals surface area (Å²) in [6.45, 7) is 2.38. The van der Waals surface area contributed by atoms with Crippen molar-refractivity contribution < 1.29 is 12.6 Å². The third-order valence-corrected chi connectivity index (χ3v) is 3.42. The Labute approximate surface area is 96.7 Å². The number of rotatable bonds is 8.